The van der Waals surface area contributed by atoms with Crippen LogP contribution in [0.2, 0.25) is 0 Å². The highest BCUT2D eigenvalue weighted by molar-refractivity contribution is 7.99. The van der Waals surface area contributed by atoms with Gasteiger partial charge in [0, 0.05) is 6.20 Å². The minimum atomic E-state index is -0.914. The molecule has 23 heavy (non-hydrogen) atoms. The predicted octanol–water partition coefficient (Wildman–Crippen LogP) is 3.18. The van der Waals surface area contributed by atoms with Crippen molar-refractivity contribution in [2.45, 2.75) is 31.0 Å². The van der Waals surface area contributed by atoms with Gasteiger partial charge in [0.15, 0.2) is 0 Å². The minimum absolute atomic E-state index is 0.306. The maximum absolute atomic E-state index is 12.9. The minimum Gasteiger partial charge on any atom is -0.386 e. The van der Waals surface area contributed by atoms with Crippen LogP contribution in [-0.4, -0.2) is 27.8 Å². The molecule has 2 unspecified atom stereocenters. The summed E-state index contributed by atoms with van der Waals surface area (Å²) in [5, 5.41) is 13.8. The van der Waals surface area contributed by atoms with Gasteiger partial charge < -0.3 is 10.4 Å². The van der Waals surface area contributed by atoms with Crippen LogP contribution < -0.4 is 5.32 Å². The number of pyridine rings is 1. The molecule has 1 aromatic carbocycles. The smallest absolute Gasteiger partial charge is 0.253 e. The first-order valence-corrected chi connectivity index (χ1v) is 8.33. The number of hydrogen-bond acceptors (Lipinski definition) is 4. The fraction of sp³-hybridized carbons (Fsp3) is 0.294. The number of rotatable bonds is 6. The van der Waals surface area contributed by atoms with Crippen LogP contribution in [0, 0.1) is 5.82 Å². The van der Waals surface area contributed by atoms with E-state index >= 15 is 0 Å². The standard InChI is InChI=1S/C17H19FN2O2S/c1-3-23-15-9-6-13(10-19-15)17(22)20-11(2)16(21)12-4-7-14(18)8-5-12/h4-11,16,21H,3H2,1-2H3,(H,20,22). The fourth-order valence-corrected chi connectivity index (χ4v) is 2.65. The molecule has 4 nitrogen and oxygen atoms in total. The first kappa shape index (κ1) is 17.4. The molecule has 0 fully saturated rings. The summed E-state index contributed by atoms with van der Waals surface area (Å²) in [5.41, 5.74) is 0.982. The Hall–Kier alpha value is -1.92. The molecule has 0 bridgehead atoms. The van der Waals surface area contributed by atoms with Gasteiger partial charge >= 0.3 is 0 Å². The summed E-state index contributed by atoms with van der Waals surface area (Å²) in [6, 6.07) is 8.55. The van der Waals surface area contributed by atoms with Gasteiger partial charge in [0.1, 0.15) is 5.82 Å². The monoisotopic (exact) mass is 334 g/mol. The summed E-state index contributed by atoms with van der Waals surface area (Å²) in [6.45, 7) is 3.73. The summed E-state index contributed by atoms with van der Waals surface area (Å²) in [4.78, 5) is 16.4. The third kappa shape index (κ3) is 4.77. The summed E-state index contributed by atoms with van der Waals surface area (Å²) in [5.74, 6) is 0.243. The number of amides is 1. The van der Waals surface area contributed by atoms with Gasteiger partial charge in [0.05, 0.1) is 22.7 Å². The number of carbonyl (C=O) groups excluding carboxylic acids is 1. The predicted molar refractivity (Wildman–Crippen MR) is 88.9 cm³/mol. The normalized spacial score (nSPS) is 13.4. The number of hydrogen-bond donors (Lipinski definition) is 2. The van der Waals surface area contributed by atoms with E-state index < -0.39 is 12.1 Å². The van der Waals surface area contributed by atoms with Gasteiger partial charge in [-0.05, 0) is 42.5 Å². The van der Waals surface area contributed by atoms with Gasteiger partial charge in [-0.1, -0.05) is 19.1 Å². The highest BCUT2D eigenvalue weighted by Crippen LogP contribution is 2.18. The summed E-state index contributed by atoms with van der Waals surface area (Å²) < 4.78 is 12.9. The second-order valence-corrected chi connectivity index (χ2v) is 6.36. The maximum atomic E-state index is 12.9. The molecule has 1 aromatic heterocycles. The van der Waals surface area contributed by atoms with Gasteiger partial charge in [-0.3, -0.25) is 4.79 Å². The van der Waals surface area contributed by atoms with Gasteiger partial charge in [0.2, 0.25) is 0 Å². The molecule has 0 radical (unpaired) electrons. The van der Waals surface area contributed by atoms with Crippen LogP contribution in [0.4, 0.5) is 4.39 Å². The quantitative estimate of drug-likeness (QED) is 0.797. The molecule has 0 aliphatic rings. The van der Waals surface area contributed by atoms with Crippen molar-refractivity contribution in [2.75, 3.05) is 5.75 Å². The molecule has 0 aliphatic carbocycles. The Morgan fingerprint density at radius 2 is 2.00 bits per heavy atom. The average Bonchev–Trinajstić information content (AvgIpc) is 2.55. The second kappa shape index (κ2) is 8.08. The molecule has 2 atom stereocenters. The lowest BCUT2D eigenvalue weighted by Crippen LogP contribution is -2.37. The zero-order valence-electron chi connectivity index (χ0n) is 13.0. The lowest BCUT2D eigenvalue weighted by atomic mass is 10.0. The van der Waals surface area contributed by atoms with Crippen molar-refractivity contribution in [3.8, 4) is 0 Å². The second-order valence-electron chi connectivity index (χ2n) is 5.08. The van der Waals surface area contributed by atoms with E-state index in [9.17, 15) is 14.3 Å². The summed E-state index contributed by atoms with van der Waals surface area (Å²) >= 11 is 1.60. The largest absolute Gasteiger partial charge is 0.386 e. The van der Waals surface area contributed by atoms with Crippen LogP contribution in [0.1, 0.15) is 35.9 Å². The van der Waals surface area contributed by atoms with Crippen LogP contribution >= 0.6 is 11.8 Å². The number of nitrogens with one attached hydrogen (secondary N) is 1. The van der Waals surface area contributed by atoms with Crippen LogP contribution in [0.15, 0.2) is 47.6 Å². The average molecular weight is 334 g/mol. The molecule has 122 valence electrons. The maximum Gasteiger partial charge on any atom is 0.253 e. The van der Waals surface area contributed by atoms with E-state index in [2.05, 4.69) is 10.3 Å². The van der Waals surface area contributed by atoms with E-state index in [4.69, 9.17) is 0 Å². The fourth-order valence-electron chi connectivity index (χ4n) is 2.07. The van der Waals surface area contributed by atoms with Crippen molar-refractivity contribution in [2.24, 2.45) is 0 Å². The molecule has 2 rings (SSSR count). The Morgan fingerprint density at radius 1 is 1.30 bits per heavy atom. The third-order valence-corrected chi connectivity index (χ3v) is 4.16. The van der Waals surface area contributed by atoms with Gasteiger partial charge in [-0.2, -0.15) is 0 Å². The van der Waals surface area contributed by atoms with Crippen LogP contribution in [0.3, 0.4) is 0 Å². The Balaban J connectivity index is 1.99. The van der Waals surface area contributed by atoms with Gasteiger partial charge in [0.25, 0.3) is 5.91 Å². The molecule has 0 aliphatic heterocycles. The van der Waals surface area contributed by atoms with Crippen LogP contribution in [-0.2, 0) is 0 Å². The number of benzene rings is 1. The van der Waals surface area contributed by atoms with E-state index in [1.807, 2.05) is 6.92 Å². The number of aliphatic hydroxyl groups is 1. The molecule has 1 heterocycles. The molecule has 1 amide bonds. The van der Waals surface area contributed by atoms with Crippen molar-refractivity contribution in [1.82, 2.24) is 10.3 Å². The van der Waals surface area contributed by atoms with Crippen molar-refractivity contribution in [1.29, 1.82) is 0 Å². The zero-order chi connectivity index (χ0) is 16.8. The van der Waals surface area contributed by atoms with E-state index in [1.165, 1.54) is 30.5 Å². The molecule has 6 heteroatoms. The van der Waals surface area contributed by atoms with Crippen molar-refractivity contribution >= 4 is 17.7 Å². The van der Waals surface area contributed by atoms with Crippen molar-refractivity contribution in [3.05, 3.63) is 59.5 Å². The Labute approximate surface area is 139 Å². The third-order valence-electron chi connectivity index (χ3n) is 3.33. The van der Waals surface area contributed by atoms with Gasteiger partial charge in [-0.15, -0.1) is 11.8 Å². The van der Waals surface area contributed by atoms with E-state index in [1.54, 1.807) is 30.8 Å². The molecule has 2 N–H and O–H groups in total. The van der Waals surface area contributed by atoms with Crippen molar-refractivity contribution in [3.63, 3.8) is 0 Å². The number of halogens is 1. The first-order valence-electron chi connectivity index (χ1n) is 7.34. The molecule has 2 aromatic rings. The number of aliphatic hydroxyl groups excluding tert-OH is 1. The zero-order valence-corrected chi connectivity index (χ0v) is 13.8. The Kier molecular flexibility index (Phi) is 6.12. The lowest BCUT2D eigenvalue weighted by molar-refractivity contribution is 0.0851. The number of thioether (sulfide) groups is 1. The lowest BCUT2D eigenvalue weighted by Gasteiger charge is -2.20. The molecule has 0 saturated heterocycles. The molecule has 0 saturated carbocycles. The van der Waals surface area contributed by atoms with E-state index in [0.29, 0.717) is 11.1 Å². The number of aromatic nitrogens is 1. The topological polar surface area (TPSA) is 62.2 Å². The Bertz CT molecular complexity index is 647. The first-order chi connectivity index (χ1) is 11.0. The molecular weight excluding hydrogens is 315 g/mol. The van der Waals surface area contributed by atoms with E-state index in [0.717, 1.165) is 10.8 Å². The highest BCUT2D eigenvalue weighted by atomic mass is 32.2. The Morgan fingerprint density at radius 3 is 2.57 bits per heavy atom. The van der Waals surface area contributed by atoms with Crippen LogP contribution in [0.25, 0.3) is 0 Å². The summed E-state index contributed by atoms with van der Waals surface area (Å²) in [6.07, 6.45) is 0.604. The van der Waals surface area contributed by atoms with Crippen LogP contribution in [0.5, 0.6) is 0 Å². The van der Waals surface area contributed by atoms with Crippen molar-refractivity contribution < 1.29 is 14.3 Å². The summed E-state index contributed by atoms with van der Waals surface area (Å²) in [7, 11) is 0. The SMILES string of the molecule is CCSc1ccc(C(=O)NC(C)C(O)c2ccc(F)cc2)cn1. The van der Waals surface area contributed by atoms with Gasteiger partial charge in [-0.25, -0.2) is 9.37 Å². The molecular formula is C17H19FN2O2S. The number of carbonyl (C=O) groups is 1. The number of nitrogens with zero attached hydrogens (tertiary/aromatic N) is 1. The highest BCUT2D eigenvalue weighted by Gasteiger charge is 2.19. The van der Waals surface area contributed by atoms with E-state index in [-0.39, 0.29) is 11.7 Å². The molecule has 0 spiro atoms.